The lowest BCUT2D eigenvalue weighted by Crippen LogP contribution is -2.28. The van der Waals surface area contributed by atoms with Crippen molar-refractivity contribution in [1.82, 2.24) is 5.32 Å². The molecular formula is C20H43NO5S2. The topological polar surface area (TPSA) is 58.2 Å². The van der Waals surface area contributed by atoms with Crippen molar-refractivity contribution in [3.63, 3.8) is 0 Å². The van der Waals surface area contributed by atoms with Crippen molar-refractivity contribution < 1.29 is 23.7 Å². The molecule has 0 radical (unpaired) electrons. The maximum absolute atomic E-state index is 5.92. The van der Waals surface area contributed by atoms with E-state index in [-0.39, 0.29) is 4.93 Å². The molecule has 0 aromatic rings. The maximum atomic E-state index is 5.92. The molecule has 0 spiro atoms. The molecular weight excluding hydrogens is 398 g/mol. The van der Waals surface area contributed by atoms with Gasteiger partial charge >= 0.3 is 0 Å². The summed E-state index contributed by atoms with van der Waals surface area (Å²) in [7, 11) is 1.40. The molecule has 0 aromatic heterocycles. The minimum atomic E-state index is -0.387. The zero-order valence-corrected chi connectivity index (χ0v) is 20.2. The fourth-order valence-electron chi connectivity index (χ4n) is 2.10. The van der Waals surface area contributed by atoms with Crippen molar-refractivity contribution >= 4 is 22.5 Å². The van der Waals surface area contributed by atoms with Crippen LogP contribution >= 0.6 is 22.5 Å². The molecule has 0 aliphatic heterocycles. The number of nitrogens with one attached hydrogen (secondary N) is 1. The van der Waals surface area contributed by atoms with Gasteiger partial charge in [0.15, 0.2) is 0 Å². The largest absolute Gasteiger partial charge is 0.379 e. The maximum Gasteiger partial charge on any atom is 0.122 e. The third kappa shape index (κ3) is 19.8. The molecule has 1 N–H and O–H groups in total. The molecule has 0 heterocycles. The number of rotatable bonds is 21. The Kier molecular flexibility index (Phi) is 19.7. The Morgan fingerprint density at radius 1 is 0.786 bits per heavy atom. The van der Waals surface area contributed by atoms with Crippen molar-refractivity contribution in [1.29, 1.82) is 0 Å². The molecule has 0 rings (SSSR count). The number of hydrogen-bond acceptors (Lipinski definition) is 8. The first-order chi connectivity index (χ1) is 13.4. The minimum Gasteiger partial charge on any atom is -0.379 e. The summed E-state index contributed by atoms with van der Waals surface area (Å²) in [6.45, 7) is 17.2. The van der Waals surface area contributed by atoms with Gasteiger partial charge in [0, 0.05) is 25.6 Å². The lowest BCUT2D eigenvalue weighted by molar-refractivity contribution is -0.0335. The van der Waals surface area contributed by atoms with Gasteiger partial charge in [0.1, 0.15) is 4.93 Å². The van der Waals surface area contributed by atoms with Crippen LogP contribution in [-0.2, 0) is 23.7 Å². The molecule has 170 valence electrons. The summed E-state index contributed by atoms with van der Waals surface area (Å²) in [5.41, 5.74) is 0. The molecule has 0 saturated heterocycles. The van der Waals surface area contributed by atoms with Crippen LogP contribution in [-0.4, -0.2) is 77.0 Å². The van der Waals surface area contributed by atoms with Gasteiger partial charge in [-0.25, -0.2) is 0 Å². The van der Waals surface area contributed by atoms with E-state index in [0.29, 0.717) is 64.8 Å². The number of thiol groups is 1. The standard InChI is InChI=1S/C20H43NO5S2/c1-18(2)6-9-22-12-15-25-16-17-26-20(5,28-27)7-10-23-13-14-24-11-8-21-19(3)4/h18-19,21,27H,6-17H2,1-5H3. The average Bonchev–Trinajstić information content (AvgIpc) is 2.65. The van der Waals surface area contributed by atoms with Crippen molar-refractivity contribution in [2.75, 3.05) is 66.0 Å². The second-order valence-electron chi connectivity index (χ2n) is 7.56. The molecule has 6 nitrogen and oxygen atoms in total. The van der Waals surface area contributed by atoms with Gasteiger partial charge in [0.25, 0.3) is 0 Å². The quantitative estimate of drug-likeness (QED) is 0.122. The predicted octanol–water partition coefficient (Wildman–Crippen LogP) is 3.80. The van der Waals surface area contributed by atoms with E-state index in [1.165, 1.54) is 10.8 Å². The highest BCUT2D eigenvalue weighted by atomic mass is 33.1. The smallest absolute Gasteiger partial charge is 0.122 e. The zero-order valence-electron chi connectivity index (χ0n) is 18.5. The van der Waals surface area contributed by atoms with E-state index in [9.17, 15) is 0 Å². The first kappa shape index (κ1) is 28.5. The van der Waals surface area contributed by atoms with Crippen LogP contribution in [0.25, 0.3) is 0 Å². The molecule has 0 amide bonds. The van der Waals surface area contributed by atoms with Gasteiger partial charge in [0.2, 0.25) is 0 Å². The van der Waals surface area contributed by atoms with Crippen LogP contribution in [0.3, 0.4) is 0 Å². The SMILES string of the molecule is CC(C)CCOCCOCCOC(C)(CCOCCOCCNC(C)C)SS. The number of hydrogen-bond donors (Lipinski definition) is 2. The van der Waals surface area contributed by atoms with Gasteiger partial charge in [-0.05, 0) is 19.3 Å². The number of ether oxygens (including phenoxy) is 5. The molecule has 28 heavy (non-hydrogen) atoms. The Morgan fingerprint density at radius 2 is 1.32 bits per heavy atom. The minimum absolute atomic E-state index is 0.387. The summed E-state index contributed by atoms with van der Waals surface area (Å²) in [4.78, 5) is -0.387. The van der Waals surface area contributed by atoms with Crippen LogP contribution in [0.2, 0.25) is 0 Å². The Morgan fingerprint density at radius 3 is 1.89 bits per heavy atom. The highest BCUT2D eigenvalue weighted by Crippen LogP contribution is 2.32. The fourth-order valence-corrected chi connectivity index (χ4v) is 2.84. The average molecular weight is 442 g/mol. The summed E-state index contributed by atoms with van der Waals surface area (Å²) >= 11 is 4.34. The molecule has 0 fully saturated rings. The Hall–Kier alpha value is 0.460. The third-order valence-electron chi connectivity index (χ3n) is 3.91. The van der Waals surface area contributed by atoms with Gasteiger partial charge in [-0.1, -0.05) is 38.5 Å². The van der Waals surface area contributed by atoms with Crippen molar-refractivity contribution in [2.45, 2.75) is 58.4 Å². The molecule has 1 atom stereocenters. The molecule has 8 heteroatoms. The van der Waals surface area contributed by atoms with Crippen LogP contribution in [0, 0.1) is 5.92 Å². The second kappa shape index (κ2) is 19.4. The van der Waals surface area contributed by atoms with Crippen molar-refractivity contribution in [2.24, 2.45) is 5.92 Å². The van der Waals surface area contributed by atoms with Crippen molar-refractivity contribution in [3.05, 3.63) is 0 Å². The van der Waals surface area contributed by atoms with Crippen LogP contribution in [0.4, 0.5) is 0 Å². The molecule has 0 bridgehead atoms. The molecule has 0 aliphatic rings. The molecule has 1 unspecified atom stereocenters. The Labute approximate surface area is 181 Å². The lowest BCUT2D eigenvalue weighted by atomic mass is 10.1. The van der Waals surface area contributed by atoms with E-state index in [1.54, 1.807) is 0 Å². The van der Waals surface area contributed by atoms with E-state index in [4.69, 9.17) is 23.7 Å². The van der Waals surface area contributed by atoms with Gasteiger partial charge < -0.3 is 29.0 Å². The highest BCUT2D eigenvalue weighted by Gasteiger charge is 2.24. The summed E-state index contributed by atoms with van der Waals surface area (Å²) < 4.78 is 28.1. The van der Waals surface area contributed by atoms with Gasteiger partial charge in [-0.3, -0.25) is 0 Å². The molecule has 0 aliphatic carbocycles. The van der Waals surface area contributed by atoms with Crippen LogP contribution in [0.5, 0.6) is 0 Å². The Balaban J connectivity index is 3.52. The normalized spacial score (nSPS) is 14.1. The van der Waals surface area contributed by atoms with E-state index >= 15 is 0 Å². The van der Waals surface area contributed by atoms with E-state index in [2.05, 4.69) is 44.7 Å². The van der Waals surface area contributed by atoms with E-state index in [0.717, 1.165) is 26.0 Å². The van der Waals surface area contributed by atoms with Gasteiger partial charge in [-0.15, -0.1) is 11.7 Å². The summed E-state index contributed by atoms with van der Waals surface area (Å²) in [5, 5.41) is 3.31. The first-order valence-corrected chi connectivity index (χ1v) is 12.3. The van der Waals surface area contributed by atoms with Crippen LogP contribution < -0.4 is 5.32 Å². The van der Waals surface area contributed by atoms with Gasteiger partial charge in [0.05, 0.1) is 52.9 Å². The molecule has 0 saturated carbocycles. The fraction of sp³-hybridized carbons (Fsp3) is 1.00. The van der Waals surface area contributed by atoms with E-state index < -0.39 is 0 Å². The van der Waals surface area contributed by atoms with Crippen molar-refractivity contribution in [3.8, 4) is 0 Å². The van der Waals surface area contributed by atoms with Gasteiger partial charge in [-0.2, -0.15) is 0 Å². The Bertz CT molecular complexity index is 310. The van der Waals surface area contributed by atoms with Crippen LogP contribution in [0.15, 0.2) is 0 Å². The summed E-state index contributed by atoms with van der Waals surface area (Å²) in [5.74, 6) is 0.675. The predicted molar refractivity (Wildman–Crippen MR) is 121 cm³/mol. The van der Waals surface area contributed by atoms with Crippen LogP contribution in [0.1, 0.15) is 47.5 Å². The second-order valence-corrected chi connectivity index (χ2v) is 9.16. The summed E-state index contributed by atoms with van der Waals surface area (Å²) in [6, 6.07) is 0.490. The highest BCUT2D eigenvalue weighted by molar-refractivity contribution is 8.69. The monoisotopic (exact) mass is 441 g/mol. The zero-order chi connectivity index (χ0) is 21.1. The van der Waals surface area contributed by atoms with E-state index in [1.807, 2.05) is 6.92 Å². The molecule has 0 aromatic carbocycles. The summed E-state index contributed by atoms with van der Waals surface area (Å²) in [6.07, 6.45) is 1.85. The third-order valence-corrected chi connectivity index (χ3v) is 5.78. The first-order valence-electron chi connectivity index (χ1n) is 10.4. The lowest BCUT2D eigenvalue weighted by Gasteiger charge is -2.27.